The summed E-state index contributed by atoms with van der Waals surface area (Å²) in [6.45, 7) is 2.48. The zero-order valence-electron chi connectivity index (χ0n) is 16.2. The van der Waals surface area contributed by atoms with E-state index in [0.29, 0.717) is 29.0 Å². The summed E-state index contributed by atoms with van der Waals surface area (Å²) < 4.78 is 26.8. The molecule has 1 amide bonds. The molecule has 8 heteroatoms. The van der Waals surface area contributed by atoms with Gasteiger partial charge in [-0.15, -0.1) is 0 Å². The predicted molar refractivity (Wildman–Crippen MR) is 102 cm³/mol. The number of hydrogen-bond acceptors (Lipinski definition) is 5. The van der Waals surface area contributed by atoms with Gasteiger partial charge in [0, 0.05) is 23.9 Å². The highest BCUT2D eigenvalue weighted by molar-refractivity contribution is 6.03. The van der Waals surface area contributed by atoms with Crippen LogP contribution in [0.3, 0.4) is 0 Å². The van der Waals surface area contributed by atoms with E-state index in [4.69, 9.17) is 15.2 Å². The van der Waals surface area contributed by atoms with Crippen LogP contribution in [0.4, 0.5) is 4.39 Å². The van der Waals surface area contributed by atoms with Crippen molar-refractivity contribution in [2.24, 2.45) is 5.73 Å². The smallest absolute Gasteiger partial charge is 0.351 e. The van der Waals surface area contributed by atoms with E-state index in [-0.39, 0.29) is 11.9 Å². The molecule has 0 unspecified atom stereocenters. The number of nitrogens with two attached hydrogens (primary N) is 1. The number of carbonyl (C=O) groups is 1. The van der Waals surface area contributed by atoms with E-state index in [1.807, 2.05) is 6.92 Å². The average Bonchev–Trinajstić information content (AvgIpc) is 2.93. The minimum atomic E-state index is -1.24. The summed E-state index contributed by atoms with van der Waals surface area (Å²) in [6, 6.07) is 8.64. The molecule has 0 bridgehead atoms. The van der Waals surface area contributed by atoms with Crippen LogP contribution >= 0.6 is 0 Å². The number of benzene rings is 1. The van der Waals surface area contributed by atoms with Gasteiger partial charge in [0.25, 0.3) is 0 Å². The normalized spacial score (nSPS) is 30.6. The van der Waals surface area contributed by atoms with Crippen molar-refractivity contribution >= 4 is 11.9 Å². The van der Waals surface area contributed by atoms with Crippen LogP contribution in [-0.4, -0.2) is 47.1 Å². The Bertz CT molecular complexity index is 1060. The van der Waals surface area contributed by atoms with E-state index in [0.717, 1.165) is 12.8 Å². The van der Waals surface area contributed by atoms with E-state index in [9.17, 15) is 9.18 Å². The highest BCUT2D eigenvalue weighted by atomic mass is 19.1. The van der Waals surface area contributed by atoms with Crippen molar-refractivity contribution in [1.29, 1.82) is 0 Å². The number of amides is 1. The van der Waals surface area contributed by atoms with Gasteiger partial charge in [0.2, 0.25) is 11.5 Å². The zero-order chi connectivity index (χ0) is 20.4. The minimum absolute atomic E-state index is 0.221. The molecule has 29 heavy (non-hydrogen) atoms. The fourth-order valence-electron chi connectivity index (χ4n) is 4.78. The van der Waals surface area contributed by atoms with Gasteiger partial charge in [-0.05, 0) is 49.6 Å². The molecule has 0 aliphatic carbocycles. The van der Waals surface area contributed by atoms with Gasteiger partial charge in [0.1, 0.15) is 17.5 Å². The van der Waals surface area contributed by atoms with Crippen LogP contribution in [0.2, 0.25) is 0 Å². The molecule has 1 fully saturated rings. The van der Waals surface area contributed by atoms with E-state index < -0.39 is 23.2 Å². The van der Waals surface area contributed by atoms with Crippen molar-refractivity contribution in [2.75, 3.05) is 13.7 Å². The summed E-state index contributed by atoms with van der Waals surface area (Å²) in [7, 11) is 1.62. The molecule has 1 spiro atoms. The molecule has 4 heterocycles. The van der Waals surface area contributed by atoms with E-state index in [1.165, 1.54) is 11.1 Å². The molecule has 3 aliphatic rings. The molecule has 1 saturated heterocycles. The molecule has 3 N–H and O–H groups in total. The molecule has 150 valence electrons. The van der Waals surface area contributed by atoms with Gasteiger partial charge in [0.05, 0.1) is 7.05 Å². The zero-order valence-corrected chi connectivity index (χ0v) is 16.2. The Balaban J connectivity index is 1.77. The third kappa shape index (κ3) is 2.35. The number of halogens is 1. The first-order chi connectivity index (χ1) is 13.9. The van der Waals surface area contributed by atoms with Crippen molar-refractivity contribution in [3.8, 4) is 16.9 Å². The SMILES string of the molecule is CN1C(=O)[C@]2([NH+]=C1N)c1cc(-c3cccnc3F)ccc1O[C@]1(C)CCCO[C@H]12. The van der Waals surface area contributed by atoms with E-state index in [1.54, 1.807) is 37.4 Å². The third-order valence-corrected chi connectivity index (χ3v) is 6.20. The van der Waals surface area contributed by atoms with Crippen LogP contribution in [0.25, 0.3) is 11.1 Å². The van der Waals surface area contributed by atoms with Crippen molar-refractivity contribution in [3.05, 3.63) is 48.0 Å². The van der Waals surface area contributed by atoms with Crippen molar-refractivity contribution < 1.29 is 23.7 Å². The van der Waals surface area contributed by atoms with Crippen molar-refractivity contribution in [1.82, 2.24) is 9.88 Å². The first-order valence-corrected chi connectivity index (χ1v) is 9.61. The highest BCUT2D eigenvalue weighted by Crippen LogP contribution is 2.48. The fraction of sp³-hybridized carbons (Fsp3) is 0.381. The molecule has 0 saturated carbocycles. The number of likely N-dealkylation sites (N-methyl/N-ethyl adjacent to an activating group) is 1. The third-order valence-electron chi connectivity index (χ3n) is 6.20. The van der Waals surface area contributed by atoms with Gasteiger partial charge in [0.15, 0.2) is 0 Å². The number of carbonyl (C=O) groups excluding carboxylic acids is 1. The Kier molecular flexibility index (Phi) is 3.73. The molecule has 0 radical (unpaired) electrons. The fourth-order valence-corrected chi connectivity index (χ4v) is 4.78. The van der Waals surface area contributed by atoms with Crippen LogP contribution in [0.5, 0.6) is 5.75 Å². The second-order valence-electron chi connectivity index (χ2n) is 8.00. The van der Waals surface area contributed by atoms with Crippen LogP contribution in [0.15, 0.2) is 36.5 Å². The molecular formula is C21H22FN4O3+. The molecule has 3 atom stereocenters. The molecule has 1 aromatic heterocycles. The number of nitrogens with zero attached hydrogens (tertiary/aromatic N) is 2. The van der Waals surface area contributed by atoms with Gasteiger partial charge in [-0.1, -0.05) is 6.07 Å². The standard InChI is InChI=1S/C21H21FN4O3/c1-20-8-4-10-28-17(20)21(18(27)26(2)19(23)25-21)14-11-12(6-7-15(14)29-20)13-5-3-9-24-16(13)22/h3,5-7,9,11,17H,4,8,10H2,1-2H3,(H2,23,25)/p+1/t17-,20-,21+/m1/s1. The number of guanidine groups is 1. The van der Waals surface area contributed by atoms with Gasteiger partial charge in [-0.2, -0.15) is 4.39 Å². The predicted octanol–water partition coefficient (Wildman–Crippen LogP) is 0.280. The average molecular weight is 397 g/mol. The summed E-state index contributed by atoms with van der Waals surface area (Å²) in [6.07, 6.45) is 2.40. The lowest BCUT2D eigenvalue weighted by molar-refractivity contribution is -0.564. The number of nitrogens with one attached hydrogen (secondary N) is 1. The van der Waals surface area contributed by atoms with Crippen LogP contribution in [0.1, 0.15) is 25.3 Å². The van der Waals surface area contributed by atoms with Crippen LogP contribution in [-0.2, 0) is 15.1 Å². The molecule has 3 aliphatic heterocycles. The Morgan fingerprint density at radius 3 is 2.93 bits per heavy atom. The molecule has 7 nitrogen and oxygen atoms in total. The lowest BCUT2D eigenvalue weighted by Gasteiger charge is -2.50. The number of fused-ring (bicyclic) bond motifs is 4. The van der Waals surface area contributed by atoms with Crippen molar-refractivity contribution in [2.45, 2.75) is 37.0 Å². The number of aromatic nitrogens is 1. The minimum Gasteiger partial charge on any atom is -0.484 e. The quantitative estimate of drug-likeness (QED) is 0.675. The van der Waals surface area contributed by atoms with Gasteiger partial charge >= 0.3 is 11.9 Å². The number of pyridine rings is 1. The van der Waals surface area contributed by atoms with Gasteiger partial charge in [-0.3, -0.25) is 15.5 Å². The van der Waals surface area contributed by atoms with Crippen LogP contribution < -0.4 is 15.5 Å². The van der Waals surface area contributed by atoms with Gasteiger partial charge in [-0.25, -0.2) is 9.88 Å². The Hall–Kier alpha value is -3.00. The lowest BCUT2D eigenvalue weighted by Crippen LogP contribution is -2.92. The summed E-state index contributed by atoms with van der Waals surface area (Å²) >= 11 is 0. The summed E-state index contributed by atoms with van der Waals surface area (Å²) in [5.74, 6) is 0.0101. The van der Waals surface area contributed by atoms with E-state index in [2.05, 4.69) is 9.98 Å². The summed E-state index contributed by atoms with van der Waals surface area (Å²) in [5, 5.41) is 0. The Morgan fingerprint density at radius 1 is 1.38 bits per heavy atom. The molecule has 5 rings (SSSR count). The first-order valence-electron chi connectivity index (χ1n) is 9.61. The maximum absolute atomic E-state index is 14.3. The van der Waals surface area contributed by atoms with Gasteiger partial charge < -0.3 is 9.47 Å². The highest BCUT2D eigenvalue weighted by Gasteiger charge is 2.68. The van der Waals surface area contributed by atoms with Crippen molar-refractivity contribution in [3.63, 3.8) is 0 Å². The Labute approximate surface area is 167 Å². The number of ether oxygens (including phenoxy) is 2. The second kappa shape index (κ2) is 6.00. The Morgan fingerprint density at radius 2 is 2.21 bits per heavy atom. The second-order valence-corrected chi connectivity index (χ2v) is 8.00. The largest absolute Gasteiger partial charge is 0.484 e. The maximum Gasteiger partial charge on any atom is 0.351 e. The lowest BCUT2D eigenvalue weighted by atomic mass is 9.71. The summed E-state index contributed by atoms with van der Waals surface area (Å²) in [4.78, 5) is 21.8. The molecule has 2 aromatic rings. The monoisotopic (exact) mass is 397 g/mol. The summed E-state index contributed by atoms with van der Waals surface area (Å²) in [5.41, 5.74) is 5.71. The first kappa shape index (κ1) is 18.1. The van der Waals surface area contributed by atoms with E-state index >= 15 is 0 Å². The van der Waals surface area contributed by atoms with Crippen LogP contribution in [0, 0.1) is 5.95 Å². The number of hydrogen-bond donors (Lipinski definition) is 2. The molecule has 1 aromatic carbocycles. The maximum atomic E-state index is 14.3. The number of rotatable bonds is 1. The topological polar surface area (TPSA) is 91.7 Å². The molecular weight excluding hydrogens is 375 g/mol.